The van der Waals surface area contributed by atoms with Gasteiger partial charge in [0.1, 0.15) is 6.10 Å². The van der Waals surface area contributed by atoms with Gasteiger partial charge in [-0.2, -0.15) is 0 Å². The van der Waals surface area contributed by atoms with Crippen LogP contribution < -0.4 is 0 Å². The van der Waals surface area contributed by atoms with Crippen LogP contribution in [-0.4, -0.2) is 12.1 Å². The molecule has 1 aliphatic heterocycles. The molecule has 0 aliphatic carbocycles. The van der Waals surface area contributed by atoms with Gasteiger partial charge in [0.05, 0.1) is 5.92 Å². The molecule has 0 spiro atoms. The van der Waals surface area contributed by atoms with Gasteiger partial charge in [0.15, 0.2) is 0 Å². The molecule has 0 aromatic heterocycles. The number of carbonyl (C=O) groups is 1. The Morgan fingerprint density at radius 1 is 1.64 bits per heavy atom. The Balaban J connectivity index is 2.52. The third-order valence-corrected chi connectivity index (χ3v) is 2.36. The van der Waals surface area contributed by atoms with Gasteiger partial charge in [-0.05, 0) is 18.8 Å². The molecule has 2 nitrogen and oxygen atoms in total. The second-order valence-corrected chi connectivity index (χ2v) is 3.55. The fraction of sp³-hybridized carbons (Fsp3) is 0.889. The van der Waals surface area contributed by atoms with Crippen LogP contribution in [0, 0.1) is 11.8 Å². The van der Waals surface area contributed by atoms with Gasteiger partial charge in [-0.1, -0.05) is 20.8 Å². The van der Waals surface area contributed by atoms with Crippen LogP contribution in [0.5, 0.6) is 0 Å². The van der Waals surface area contributed by atoms with Crippen LogP contribution >= 0.6 is 0 Å². The minimum absolute atomic E-state index is 0.00634. The molecule has 11 heavy (non-hydrogen) atoms. The smallest absolute Gasteiger partial charge is 0.309 e. The van der Waals surface area contributed by atoms with Crippen molar-refractivity contribution in [3.63, 3.8) is 0 Å². The first-order valence-corrected chi connectivity index (χ1v) is 4.35. The first kappa shape index (κ1) is 8.57. The standard InChI is InChI=1S/C9H16O2/c1-4-7-5-8(6(2)3)9(10)11-7/h6-8H,4-5H2,1-3H3/t7-,8-/m0/s1. The molecule has 0 amide bonds. The van der Waals surface area contributed by atoms with Crippen molar-refractivity contribution in [1.29, 1.82) is 0 Å². The Hall–Kier alpha value is -0.530. The van der Waals surface area contributed by atoms with E-state index in [1.54, 1.807) is 0 Å². The van der Waals surface area contributed by atoms with E-state index >= 15 is 0 Å². The molecular weight excluding hydrogens is 140 g/mol. The number of cyclic esters (lactones) is 1. The maximum atomic E-state index is 11.2. The topological polar surface area (TPSA) is 26.3 Å². The minimum Gasteiger partial charge on any atom is -0.462 e. The van der Waals surface area contributed by atoms with Gasteiger partial charge in [0.25, 0.3) is 0 Å². The lowest BCUT2D eigenvalue weighted by atomic mass is 9.92. The Labute approximate surface area is 67.9 Å². The maximum Gasteiger partial charge on any atom is 0.309 e. The average Bonchev–Trinajstić information content (AvgIpc) is 2.30. The fourth-order valence-corrected chi connectivity index (χ4v) is 1.47. The van der Waals surface area contributed by atoms with Crippen LogP contribution in [0.2, 0.25) is 0 Å². The van der Waals surface area contributed by atoms with Crippen molar-refractivity contribution in [1.82, 2.24) is 0 Å². The van der Waals surface area contributed by atoms with E-state index in [0.717, 1.165) is 12.8 Å². The van der Waals surface area contributed by atoms with Gasteiger partial charge in [-0.25, -0.2) is 0 Å². The normalized spacial score (nSPS) is 31.1. The Morgan fingerprint density at radius 2 is 2.27 bits per heavy atom. The van der Waals surface area contributed by atoms with E-state index in [0.29, 0.717) is 5.92 Å². The van der Waals surface area contributed by atoms with Crippen LogP contribution in [0.15, 0.2) is 0 Å². The van der Waals surface area contributed by atoms with Crippen LogP contribution in [0.3, 0.4) is 0 Å². The lowest BCUT2D eigenvalue weighted by Crippen LogP contribution is -2.13. The molecule has 0 aromatic rings. The Kier molecular flexibility index (Phi) is 2.53. The maximum absolute atomic E-state index is 11.2. The van der Waals surface area contributed by atoms with E-state index in [2.05, 4.69) is 20.8 Å². The van der Waals surface area contributed by atoms with Gasteiger partial charge >= 0.3 is 5.97 Å². The van der Waals surface area contributed by atoms with Gasteiger partial charge in [-0.15, -0.1) is 0 Å². The lowest BCUT2D eigenvalue weighted by Gasteiger charge is -2.07. The number of esters is 1. The summed E-state index contributed by atoms with van der Waals surface area (Å²) in [7, 11) is 0. The zero-order valence-corrected chi connectivity index (χ0v) is 7.46. The van der Waals surface area contributed by atoms with Crippen molar-refractivity contribution in [2.24, 2.45) is 11.8 Å². The quantitative estimate of drug-likeness (QED) is 0.571. The summed E-state index contributed by atoms with van der Waals surface area (Å²) in [5.41, 5.74) is 0. The van der Waals surface area contributed by atoms with Gasteiger partial charge in [0, 0.05) is 0 Å². The molecule has 1 heterocycles. The van der Waals surface area contributed by atoms with E-state index in [9.17, 15) is 4.79 Å². The van der Waals surface area contributed by atoms with E-state index < -0.39 is 0 Å². The second-order valence-electron chi connectivity index (χ2n) is 3.55. The molecule has 1 rings (SSSR count). The molecule has 0 unspecified atom stereocenters. The summed E-state index contributed by atoms with van der Waals surface area (Å²) >= 11 is 0. The largest absolute Gasteiger partial charge is 0.462 e. The summed E-state index contributed by atoms with van der Waals surface area (Å²) in [6.07, 6.45) is 2.07. The van der Waals surface area contributed by atoms with Gasteiger partial charge in [-0.3, -0.25) is 4.79 Å². The summed E-state index contributed by atoms with van der Waals surface area (Å²) in [4.78, 5) is 11.2. The van der Waals surface area contributed by atoms with Crippen molar-refractivity contribution >= 4 is 5.97 Å². The molecule has 1 aliphatic rings. The fourth-order valence-electron chi connectivity index (χ4n) is 1.47. The molecule has 0 bridgehead atoms. The number of carbonyl (C=O) groups excluding carboxylic acids is 1. The van der Waals surface area contributed by atoms with Crippen molar-refractivity contribution in [2.45, 2.75) is 39.7 Å². The predicted molar refractivity (Wildman–Crippen MR) is 43.1 cm³/mol. The summed E-state index contributed by atoms with van der Waals surface area (Å²) in [5, 5.41) is 0. The first-order chi connectivity index (χ1) is 5.15. The second kappa shape index (κ2) is 3.24. The molecule has 64 valence electrons. The minimum atomic E-state index is 0.00634. The lowest BCUT2D eigenvalue weighted by molar-refractivity contribution is -0.145. The van der Waals surface area contributed by atoms with Crippen molar-refractivity contribution in [3.05, 3.63) is 0 Å². The average molecular weight is 156 g/mol. The number of ether oxygens (including phenoxy) is 1. The highest BCUT2D eigenvalue weighted by atomic mass is 16.5. The van der Waals surface area contributed by atoms with Gasteiger partial charge < -0.3 is 4.74 Å². The SMILES string of the molecule is CC[C@H]1C[C@@H](C(C)C)C(=O)O1. The van der Waals surface area contributed by atoms with Crippen LogP contribution in [-0.2, 0) is 9.53 Å². The Morgan fingerprint density at radius 3 is 2.55 bits per heavy atom. The van der Waals surface area contributed by atoms with Crippen molar-refractivity contribution in [2.75, 3.05) is 0 Å². The summed E-state index contributed by atoms with van der Waals surface area (Å²) in [6, 6.07) is 0. The van der Waals surface area contributed by atoms with Crippen molar-refractivity contribution < 1.29 is 9.53 Å². The monoisotopic (exact) mass is 156 g/mol. The highest BCUT2D eigenvalue weighted by Gasteiger charge is 2.34. The van der Waals surface area contributed by atoms with Crippen LogP contribution in [0.1, 0.15) is 33.6 Å². The summed E-state index contributed by atoms with van der Waals surface area (Å²) < 4.78 is 5.15. The molecule has 2 heteroatoms. The highest BCUT2D eigenvalue weighted by Crippen LogP contribution is 2.28. The van der Waals surface area contributed by atoms with E-state index in [-0.39, 0.29) is 18.0 Å². The van der Waals surface area contributed by atoms with E-state index in [1.807, 2.05) is 0 Å². The van der Waals surface area contributed by atoms with E-state index in [4.69, 9.17) is 4.74 Å². The zero-order chi connectivity index (χ0) is 8.43. The highest BCUT2D eigenvalue weighted by molar-refractivity contribution is 5.74. The number of hydrogen-bond acceptors (Lipinski definition) is 2. The molecule has 2 atom stereocenters. The molecule has 1 fully saturated rings. The summed E-state index contributed by atoms with van der Waals surface area (Å²) in [6.45, 7) is 6.20. The van der Waals surface area contributed by atoms with E-state index in [1.165, 1.54) is 0 Å². The van der Waals surface area contributed by atoms with Gasteiger partial charge in [0.2, 0.25) is 0 Å². The molecule has 0 N–H and O–H groups in total. The predicted octanol–water partition coefficient (Wildman–Crippen LogP) is 1.98. The van der Waals surface area contributed by atoms with Crippen LogP contribution in [0.4, 0.5) is 0 Å². The zero-order valence-electron chi connectivity index (χ0n) is 7.46. The molecular formula is C9H16O2. The third-order valence-electron chi connectivity index (χ3n) is 2.36. The van der Waals surface area contributed by atoms with Crippen molar-refractivity contribution in [3.8, 4) is 0 Å². The summed E-state index contributed by atoms with van der Waals surface area (Å²) in [5.74, 6) is 0.589. The Bertz CT molecular complexity index is 152. The molecule has 0 aromatic carbocycles. The number of hydrogen-bond donors (Lipinski definition) is 0. The number of rotatable bonds is 2. The molecule has 0 radical (unpaired) electrons. The first-order valence-electron chi connectivity index (χ1n) is 4.35. The third kappa shape index (κ3) is 1.73. The molecule has 0 saturated carbocycles. The molecule has 1 saturated heterocycles. The van der Waals surface area contributed by atoms with Crippen LogP contribution in [0.25, 0.3) is 0 Å².